The molecule has 1 fully saturated rings. The Morgan fingerprint density at radius 1 is 1.21 bits per heavy atom. The number of halogens is 6. The third-order valence-electron chi connectivity index (χ3n) is 3.54. The molecule has 19 heavy (non-hydrogen) atoms. The van der Waals surface area contributed by atoms with Gasteiger partial charge in [0, 0.05) is 5.92 Å². The van der Waals surface area contributed by atoms with Crippen LogP contribution in [0.4, 0.5) is 31.1 Å². The van der Waals surface area contributed by atoms with E-state index in [1.807, 2.05) is 0 Å². The summed E-state index contributed by atoms with van der Waals surface area (Å²) in [5.41, 5.74) is -4.20. The smallest absolute Gasteiger partial charge is 0.421 e. The molecule has 1 amide bonds. The second-order valence-electron chi connectivity index (χ2n) is 4.40. The van der Waals surface area contributed by atoms with Gasteiger partial charge in [-0.05, 0) is 6.42 Å². The van der Waals surface area contributed by atoms with E-state index in [1.165, 1.54) is 0 Å². The average molecular weight is 289 g/mol. The Balaban J connectivity index is 2.64. The summed E-state index contributed by atoms with van der Waals surface area (Å²) < 4.78 is 82.8. The number of methoxy groups -OCH3 is 1. The molecule has 108 valence electrons. The first-order valence-corrected chi connectivity index (χ1v) is 5.26. The van der Waals surface area contributed by atoms with E-state index in [9.17, 15) is 31.1 Å². The maximum atomic E-state index is 13.1. The van der Waals surface area contributed by atoms with Crippen LogP contribution in [-0.4, -0.2) is 42.0 Å². The molecule has 0 aromatic heterocycles. The van der Waals surface area contributed by atoms with Crippen LogP contribution in [-0.2, 0) is 4.74 Å². The fourth-order valence-corrected chi connectivity index (χ4v) is 2.85. The summed E-state index contributed by atoms with van der Waals surface area (Å²) in [6, 6.07) is -1.25. The molecule has 0 saturated carbocycles. The first kappa shape index (κ1) is 14.0. The highest BCUT2D eigenvalue weighted by atomic mass is 19.4. The number of amides is 1. The second kappa shape index (κ2) is 3.80. The third-order valence-corrected chi connectivity index (χ3v) is 3.54. The highest BCUT2D eigenvalue weighted by molar-refractivity contribution is 5.71. The molecule has 9 heteroatoms. The van der Waals surface area contributed by atoms with Gasteiger partial charge >= 0.3 is 18.4 Å². The van der Waals surface area contributed by atoms with Gasteiger partial charge in [-0.2, -0.15) is 26.3 Å². The van der Waals surface area contributed by atoms with Gasteiger partial charge in [-0.1, -0.05) is 12.2 Å². The minimum Gasteiger partial charge on any atom is -0.453 e. The fourth-order valence-electron chi connectivity index (χ4n) is 2.85. The maximum absolute atomic E-state index is 13.1. The van der Waals surface area contributed by atoms with E-state index in [0.717, 1.165) is 19.3 Å². The zero-order valence-electron chi connectivity index (χ0n) is 9.55. The van der Waals surface area contributed by atoms with Crippen molar-refractivity contribution in [3.8, 4) is 0 Å². The number of ether oxygens (including phenoxy) is 1. The van der Waals surface area contributed by atoms with Gasteiger partial charge in [-0.15, -0.1) is 0 Å². The van der Waals surface area contributed by atoms with Crippen LogP contribution in [0.15, 0.2) is 12.2 Å². The van der Waals surface area contributed by atoms with Crippen LogP contribution in [0.5, 0.6) is 0 Å². The number of carbonyl (C=O) groups excluding carboxylic acids is 1. The third kappa shape index (κ3) is 1.56. The van der Waals surface area contributed by atoms with Gasteiger partial charge in [0.15, 0.2) is 0 Å². The molecular weight excluding hydrogens is 280 g/mol. The van der Waals surface area contributed by atoms with E-state index >= 15 is 0 Å². The minimum absolute atomic E-state index is 0.238. The van der Waals surface area contributed by atoms with Gasteiger partial charge in [0.1, 0.15) is 0 Å². The second-order valence-corrected chi connectivity index (χ2v) is 4.40. The minimum atomic E-state index is -5.64. The van der Waals surface area contributed by atoms with Crippen LogP contribution in [0.2, 0.25) is 0 Å². The van der Waals surface area contributed by atoms with E-state index in [2.05, 4.69) is 4.74 Å². The molecule has 2 bridgehead atoms. The van der Waals surface area contributed by atoms with Crippen LogP contribution >= 0.6 is 0 Å². The summed E-state index contributed by atoms with van der Waals surface area (Å²) in [6.45, 7) is 0. The first-order valence-electron chi connectivity index (χ1n) is 5.26. The maximum Gasteiger partial charge on any atom is 0.421 e. The van der Waals surface area contributed by atoms with Crippen molar-refractivity contribution in [3.05, 3.63) is 12.2 Å². The molecule has 1 aliphatic carbocycles. The van der Waals surface area contributed by atoms with E-state index in [0.29, 0.717) is 0 Å². The largest absolute Gasteiger partial charge is 0.453 e. The highest BCUT2D eigenvalue weighted by Gasteiger charge is 2.82. The summed E-state index contributed by atoms with van der Waals surface area (Å²) in [4.78, 5) is 11.1. The molecular formula is C10H9F6NO2. The van der Waals surface area contributed by atoms with Crippen molar-refractivity contribution >= 4 is 6.09 Å². The summed E-state index contributed by atoms with van der Waals surface area (Å²) in [5, 5.41) is 0. The summed E-state index contributed by atoms with van der Waals surface area (Å²) >= 11 is 0. The van der Waals surface area contributed by atoms with E-state index in [1.54, 1.807) is 0 Å². The molecule has 0 radical (unpaired) electrons. The standard InChI is InChI=1S/C10H9F6NO2/c1-19-7(18)17-6-3-2-5(4-6)8(17,9(11,12)13)10(14,15)16/h2-3,5-6H,4H2,1H3/t5-,6-/m1/s1. The normalized spacial score (nSPS) is 28.9. The molecule has 1 saturated heterocycles. The number of nitrogens with zero attached hydrogens (tertiary/aromatic N) is 1. The lowest BCUT2D eigenvalue weighted by Gasteiger charge is -2.45. The Bertz CT molecular complexity index is 413. The van der Waals surface area contributed by atoms with Crippen molar-refractivity contribution in [3.63, 3.8) is 0 Å². The SMILES string of the molecule is COC(=O)N1[C@@H]2C=C[C@H](C2)C1(C(F)(F)F)C(F)(F)F. The number of fused-ring (bicyclic) bond motifs is 2. The number of alkyl halides is 6. The molecule has 0 aromatic rings. The highest BCUT2D eigenvalue weighted by Crippen LogP contribution is 2.60. The van der Waals surface area contributed by atoms with E-state index < -0.39 is 42.4 Å². The van der Waals surface area contributed by atoms with Crippen molar-refractivity contribution in [2.45, 2.75) is 30.4 Å². The average Bonchev–Trinajstić information content (AvgIpc) is 2.83. The quantitative estimate of drug-likeness (QED) is 0.507. The van der Waals surface area contributed by atoms with Gasteiger partial charge in [0.25, 0.3) is 0 Å². The Hall–Kier alpha value is -1.41. The van der Waals surface area contributed by atoms with Crippen molar-refractivity contribution in [1.82, 2.24) is 4.90 Å². The zero-order chi connectivity index (χ0) is 14.6. The molecule has 1 aliphatic heterocycles. The molecule has 3 nitrogen and oxygen atoms in total. The Morgan fingerprint density at radius 3 is 2.16 bits per heavy atom. The lowest BCUT2D eigenvalue weighted by atomic mass is 9.83. The monoisotopic (exact) mass is 289 g/mol. The number of rotatable bonds is 0. The van der Waals surface area contributed by atoms with Gasteiger partial charge < -0.3 is 4.74 Å². The zero-order valence-corrected chi connectivity index (χ0v) is 9.55. The molecule has 2 aliphatic rings. The molecule has 0 spiro atoms. The van der Waals surface area contributed by atoms with Gasteiger partial charge in [-0.3, -0.25) is 4.90 Å². The Morgan fingerprint density at radius 2 is 1.74 bits per heavy atom. The summed E-state index contributed by atoms with van der Waals surface area (Å²) in [7, 11) is 0.746. The van der Waals surface area contributed by atoms with Gasteiger partial charge in [0.2, 0.25) is 5.54 Å². The number of likely N-dealkylation sites (tertiary alicyclic amines) is 1. The number of hydrogen-bond acceptors (Lipinski definition) is 2. The van der Waals surface area contributed by atoms with Gasteiger partial charge in [-0.25, -0.2) is 4.79 Å². The van der Waals surface area contributed by atoms with Crippen molar-refractivity contribution < 1.29 is 35.9 Å². The van der Waals surface area contributed by atoms with E-state index in [4.69, 9.17) is 0 Å². The van der Waals surface area contributed by atoms with E-state index in [-0.39, 0.29) is 4.90 Å². The lowest BCUT2D eigenvalue weighted by molar-refractivity contribution is -0.337. The Kier molecular flexibility index (Phi) is 2.80. The molecule has 0 unspecified atom stereocenters. The summed E-state index contributed by atoms with van der Waals surface area (Å²) in [6.07, 6.45) is -11.3. The number of hydrogen-bond donors (Lipinski definition) is 0. The fraction of sp³-hybridized carbons (Fsp3) is 0.700. The predicted molar refractivity (Wildman–Crippen MR) is 50.1 cm³/mol. The van der Waals surface area contributed by atoms with Crippen LogP contribution in [0, 0.1) is 5.92 Å². The van der Waals surface area contributed by atoms with Gasteiger partial charge in [0.05, 0.1) is 13.2 Å². The molecule has 1 heterocycles. The lowest BCUT2D eigenvalue weighted by Crippen LogP contribution is -2.70. The molecule has 2 rings (SSSR count). The van der Waals surface area contributed by atoms with Crippen LogP contribution in [0.3, 0.4) is 0 Å². The molecule has 0 aromatic carbocycles. The topological polar surface area (TPSA) is 29.5 Å². The van der Waals surface area contributed by atoms with Crippen molar-refractivity contribution in [2.75, 3.05) is 7.11 Å². The van der Waals surface area contributed by atoms with Crippen molar-refractivity contribution in [2.24, 2.45) is 5.92 Å². The first-order chi connectivity index (χ1) is 8.57. The van der Waals surface area contributed by atoms with Crippen molar-refractivity contribution in [1.29, 1.82) is 0 Å². The predicted octanol–water partition coefficient (Wildman–Crippen LogP) is 2.88. The van der Waals surface area contributed by atoms with Crippen LogP contribution in [0.1, 0.15) is 6.42 Å². The Labute approximate surface area is 103 Å². The number of carbonyl (C=O) groups is 1. The summed E-state index contributed by atoms with van der Waals surface area (Å²) in [5.74, 6) is -1.84. The van der Waals surface area contributed by atoms with Crippen LogP contribution < -0.4 is 0 Å². The van der Waals surface area contributed by atoms with Crippen LogP contribution in [0.25, 0.3) is 0 Å². The molecule has 0 N–H and O–H groups in total. The molecule has 2 atom stereocenters.